The Labute approximate surface area is 196 Å². The monoisotopic (exact) mass is 466 g/mol. The Bertz CT molecular complexity index is 1200. The number of hydrogen-bond donors (Lipinski definition) is 0. The second-order valence-corrected chi connectivity index (χ2v) is 8.40. The summed E-state index contributed by atoms with van der Waals surface area (Å²) in [5.41, 5.74) is 3.39. The Kier molecular flexibility index (Phi) is 6.73. The molecule has 0 aromatic heterocycles. The summed E-state index contributed by atoms with van der Waals surface area (Å²) in [6.45, 7) is 2.16. The summed E-state index contributed by atoms with van der Waals surface area (Å²) in [5.74, 6) is -0.206. The highest BCUT2D eigenvalue weighted by Gasteiger charge is 2.33. The van der Waals surface area contributed by atoms with E-state index in [1.165, 1.54) is 22.6 Å². The smallest absolute Gasteiger partial charge is 0.266 e. The van der Waals surface area contributed by atoms with Gasteiger partial charge in [0.1, 0.15) is 17.3 Å². The summed E-state index contributed by atoms with van der Waals surface area (Å²) < 4.78 is 13.3. The minimum atomic E-state index is -0.343. The van der Waals surface area contributed by atoms with E-state index >= 15 is 0 Å². The highest BCUT2D eigenvalue weighted by atomic mass is 35.5. The van der Waals surface area contributed by atoms with Crippen LogP contribution in [0.15, 0.2) is 77.4 Å². The average molecular weight is 467 g/mol. The number of hydrogen-bond acceptors (Lipinski definition) is 2. The zero-order valence-corrected chi connectivity index (χ0v) is 19.0. The Morgan fingerprint density at radius 1 is 1.00 bits per heavy atom. The normalized spacial score (nSPS) is 14.9. The zero-order chi connectivity index (χ0) is 22.7. The van der Waals surface area contributed by atoms with Crippen LogP contribution in [-0.4, -0.2) is 11.7 Å². The van der Waals surface area contributed by atoms with Crippen LogP contribution in [0.4, 0.5) is 10.1 Å². The number of aryl methyl sites for hydroxylation is 1. The van der Waals surface area contributed by atoms with Gasteiger partial charge in [0.25, 0.3) is 5.91 Å². The second kappa shape index (κ2) is 9.68. The summed E-state index contributed by atoms with van der Waals surface area (Å²) >= 11 is 12.6. The highest BCUT2D eigenvalue weighted by molar-refractivity contribution is 6.40. The molecular weight excluding hydrogens is 446 g/mol. The van der Waals surface area contributed by atoms with Gasteiger partial charge in [-0.1, -0.05) is 72.9 Å². The van der Waals surface area contributed by atoms with Crippen LogP contribution >= 0.6 is 23.2 Å². The fraction of sp³-hybridized carbons (Fsp3) is 0.154. The predicted octanol–water partition coefficient (Wildman–Crippen LogP) is 7.31. The van der Waals surface area contributed by atoms with Crippen molar-refractivity contribution in [1.82, 2.24) is 0 Å². The van der Waals surface area contributed by atoms with E-state index in [4.69, 9.17) is 23.2 Å². The van der Waals surface area contributed by atoms with Gasteiger partial charge in [-0.05, 0) is 60.4 Å². The summed E-state index contributed by atoms with van der Waals surface area (Å²) in [7, 11) is 0. The third-order valence-electron chi connectivity index (χ3n) is 5.21. The summed E-state index contributed by atoms with van der Waals surface area (Å²) in [5, 5.41) is 0.848. The van der Waals surface area contributed by atoms with Crippen molar-refractivity contribution in [3.63, 3.8) is 0 Å². The first-order chi connectivity index (χ1) is 15.5. The molecule has 6 heteroatoms. The maximum atomic E-state index is 13.4. The number of unbranched alkanes of at least 4 members (excludes halogenated alkanes) is 1. The van der Waals surface area contributed by atoms with Gasteiger partial charge in [-0.15, -0.1) is 0 Å². The third kappa shape index (κ3) is 4.77. The molecule has 1 aliphatic heterocycles. The molecule has 0 atom stereocenters. The first kappa shape index (κ1) is 22.3. The molecule has 0 N–H and O–H groups in total. The molecule has 3 nitrogen and oxygen atoms in total. The van der Waals surface area contributed by atoms with E-state index in [-0.39, 0.29) is 17.4 Å². The average Bonchev–Trinajstić information content (AvgIpc) is 3.11. The van der Waals surface area contributed by atoms with Gasteiger partial charge in [0, 0.05) is 10.6 Å². The first-order valence-electron chi connectivity index (χ1n) is 10.4. The van der Waals surface area contributed by atoms with Crippen molar-refractivity contribution in [3.05, 3.63) is 105 Å². The molecule has 1 amide bonds. The van der Waals surface area contributed by atoms with Crippen molar-refractivity contribution >= 4 is 46.7 Å². The molecule has 0 aliphatic carbocycles. The van der Waals surface area contributed by atoms with Crippen LogP contribution in [0, 0.1) is 5.82 Å². The van der Waals surface area contributed by atoms with Crippen molar-refractivity contribution in [1.29, 1.82) is 0 Å². The molecule has 0 saturated carbocycles. The van der Waals surface area contributed by atoms with Gasteiger partial charge in [0.05, 0.1) is 10.7 Å². The van der Waals surface area contributed by atoms with Crippen LogP contribution in [0.2, 0.25) is 10.0 Å². The fourth-order valence-corrected chi connectivity index (χ4v) is 3.88. The third-order valence-corrected chi connectivity index (χ3v) is 5.77. The standard InChI is InChI=1S/C26H21Cl2FN2O/c1-2-3-4-17-5-9-19(10-6-17)25-30-23(15-18-7-12-21(29)13-8-18)26(32)31(25)24-16-20(27)11-14-22(24)28/h5-16H,2-4H2,1H3. The zero-order valence-electron chi connectivity index (χ0n) is 17.5. The van der Waals surface area contributed by atoms with E-state index < -0.39 is 0 Å². The first-order valence-corrected chi connectivity index (χ1v) is 11.2. The summed E-state index contributed by atoms with van der Waals surface area (Å²) in [6, 6.07) is 18.9. The lowest BCUT2D eigenvalue weighted by atomic mass is 10.1. The molecule has 3 aromatic rings. The van der Waals surface area contributed by atoms with E-state index in [1.54, 1.807) is 36.4 Å². The Morgan fingerprint density at radius 2 is 1.72 bits per heavy atom. The molecule has 1 aliphatic rings. The molecule has 0 unspecified atom stereocenters. The molecule has 4 rings (SSSR count). The number of anilines is 1. The van der Waals surface area contributed by atoms with Crippen molar-refractivity contribution < 1.29 is 9.18 Å². The lowest BCUT2D eigenvalue weighted by molar-refractivity contribution is -0.113. The number of carbonyl (C=O) groups is 1. The Hall–Kier alpha value is -2.95. The number of rotatable bonds is 6. The number of amides is 1. The van der Waals surface area contributed by atoms with Crippen LogP contribution in [0.1, 0.15) is 36.5 Å². The lowest BCUT2D eigenvalue weighted by Gasteiger charge is -2.20. The van der Waals surface area contributed by atoms with Gasteiger partial charge in [0.15, 0.2) is 0 Å². The number of aliphatic imine (C=N–C) groups is 1. The van der Waals surface area contributed by atoms with E-state index in [9.17, 15) is 9.18 Å². The van der Waals surface area contributed by atoms with Crippen LogP contribution in [0.25, 0.3) is 6.08 Å². The molecule has 0 spiro atoms. The van der Waals surface area contributed by atoms with Crippen molar-refractivity contribution in [3.8, 4) is 0 Å². The van der Waals surface area contributed by atoms with Gasteiger partial charge in [-0.2, -0.15) is 0 Å². The summed E-state index contributed by atoms with van der Waals surface area (Å²) in [6.07, 6.45) is 4.88. The number of benzene rings is 3. The minimum absolute atomic E-state index is 0.234. The van der Waals surface area contributed by atoms with Crippen LogP contribution in [0.3, 0.4) is 0 Å². The van der Waals surface area contributed by atoms with Gasteiger partial charge in [0.2, 0.25) is 0 Å². The molecule has 0 fully saturated rings. The summed E-state index contributed by atoms with van der Waals surface area (Å²) in [4.78, 5) is 19.5. The van der Waals surface area contributed by atoms with E-state index in [0.717, 1.165) is 24.8 Å². The number of carbonyl (C=O) groups excluding carboxylic acids is 1. The molecule has 0 bridgehead atoms. The van der Waals surface area contributed by atoms with Gasteiger partial charge in [-0.3, -0.25) is 9.69 Å². The fourth-order valence-electron chi connectivity index (χ4n) is 3.51. The van der Waals surface area contributed by atoms with Gasteiger partial charge in [-0.25, -0.2) is 9.38 Å². The molecule has 32 heavy (non-hydrogen) atoms. The number of nitrogens with zero attached hydrogens (tertiary/aromatic N) is 2. The van der Waals surface area contributed by atoms with Crippen LogP contribution < -0.4 is 4.90 Å². The SMILES string of the molecule is CCCCc1ccc(C2=NC(=Cc3ccc(F)cc3)C(=O)N2c2cc(Cl)ccc2Cl)cc1. The van der Waals surface area contributed by atoms with E-state index in [0.29, 0.717) is 27.1 Å². The van der Waals surface area contributed by atoms with Gasteiger partial charge >= 0.3 is 0 Å². The molecule has 162 valence electrons. The Balaban J connectivity index is 1.78. The quantitative estimate of drug-likeness (QED) is 0.350. The predicted molar refractivity (Wildman–Crippen MR) is 130 cm³/mol. The molecule has 0 radical (unpaired) electrons. The number of halogens is 3. The van der Waals surface area contributed by atoms with E-state index in [2.05, 4.69) is 24.0 Å². The van der Waals surface area contributed by atoms with Crippen molar-refractivity contribution in [2.75, 3.05) is 4.90 Å². The highest BCUT2D eigenvalue weighted by Crippen LogP contribution is 2.35. The minimum Gasteiger partial charge on any atom is -0.266 e. The number of amidine groups is 1. The topological polar surface area (TPSA) is 32.7 Å². The Morgan fingerprint density at radius 3 is 2.41 bits per heavy atom. The van der Waals surface area contributed by atoms with E-state index in [1.807, 2.05) is 12.1 Å². The largest absolute Gasteiger partial charge is 0.282 e. The van der Waals surface area contributed by atoms with Gasteiger partial charge < -0.3 is 0 Å². The molecular formula is C26H21Cl2FN2O. The van der Waals surface area contributed by atoms with Crippen molar-refractivity contribution in [2.45, 2.75) is 26.2 Å². The lowest BCUT2D eigenvalue weighted by Crippen LogP contribution is -2.33. The van der Waals surface area contributed by atoms with Crippen LogP contribution in [0.5, 0.6) is 0 Å². The maximum Gasteiger partial charge on any atom is 0.282 e. The molecule has 1 heterocycles. The maximum absolute atomic E-state index is 13.4. The molecule has 0 saturated heterocycles. The molecule has 3 aromatic carbocycles. The van der Waals surface area contributed by atoms with Crippen molar-refractivity contribution in [2.24, 2.45) is 4.99 Å². The second-order valence-electron chi connectivity index (χ2n) is 7.55. The van der Waals surface area contributed by atoms with Crippen LogP contribution in [-0.2, 0) is 11.2 Å².